The monoisotopic (exact) mass is 363 g/mol. The Hall–Kier alpha value is -3.25. The molecule has 1 heterocycles. The lowest BCUT2D eigenvalue weighted by molar-refractivity contribution is 0.0954. The first-order valence-corrected chi connectivity index (χ1v) is 8.86. The summed E-state index contributed by atoms with van der Waals surface area (Å²) in [5.74, 6) is -0.391. The number of nitrogens with one attached hydrogen (secondary N) is 2. The molecule has 6 heteroatoms. The second-order valence-electron chi connectivity index (χ2n) is 5.51. The maximum absolute atomic E-state index is 12.0. The molecule has 2 N–H and O–H groups in total. The minimum Gasteiger partial charge on any atom is -0.321 e. The van der Waals surface area contributed by atoms with E-state index in [1.807, 2.05) is 36.6 Å². The van der Waals surface area contributed by atoms with Gasteiger partial charge in [0, 0.05) is 11.3 Å². The van der Waals surface area contributed by atoms with Gasteiger partial charge < -0.3 is 5.32 Å². The summed E-state index contributed by atoms with van der Waals surface area (Å²) in [4.78, 5) is 24.7. The molecule has 0 saturated heterocycles. The quantitative estimate of drug-likeness (QED) is 0.528. The Morgan fingerprint density at radius 2 is 1.58 bits per heavy atom. The molecule has 0 unspecified atom stereocenters. The molecule has 3 rings (SSSR count). The van der Waals surface area contributed by atoms with E-state index in [-0.39, 0.29) is 11.8 Å². The molecule has 2 amide bonds. The van der Waals surface area contributed by atoms with Crippen molar-refractivity contribution in [3.05, 3.63) is 88.1 Å². The highest BCUT2D eigenvalue weighted by atomic mass is 32.1. The fourth-order valence-electron chi connectivity index (χ4n) is 2.25. The van der Waals surface area contributed by atoms with Gasteiger partial charge in [0.05, 0.1) is 10.6 Å². The van der Waals surface area contributed by atoms with Gasteiger partial charge in [-0.25, -0.2) is 5.43 Å². The minimum absolute atomic E-state index is 0.131. The highest BCUT2D eigenvalue weighted by Gasteiger charge is 2.07. The zero-order valence-electron chi connectivity index (χ0n) is 14.1. The molecule has 0 aliphatic heterocycles. The maximum atomic E-state index is 12.0. The van der Waals surface area contributed by atoms with Crippen LogP contribution in [0.5, 0.6) is 0 Å². The average molecular weight is 363 g/mol. The number of thiophene rings is 1. The standard InChI is InChI=1S/C20H17N3O2S/c1-14(22-23-19(24)16-6-3-2-4-7-16)15-9-11-17(12-10-15)21-20(25)18-8-5-13-26-18/h2-13H,1H3,(H,21,25)(H,23,24)/b22-14-. The number of hydrogen-bond acceptors (Lipinski definition) is 4. The highest BCUT2D eigenvalue weighted by Crippen LogP contribution is 2.14. The topological polar surface area (TPSA) is 70.6 Å². The molecule has 0 saturated carbocycles. The third kappa shape index (κ3) is 4.43. The first-order chi connectivity index (χ1) is 12.6. The molecule has 0 bridgehead atoms. The summed E-state index contributed by atoms with van der Waals surface area (Å²) in [6.45, 7) is 1.81. The summed E-state index contributed by atoms with van der Waals surface area (Å²) in [5, 5.41) is 8.84. The number of carbonyl (C=O) groups is 2. The van der Waals surface area contributed by atoms with Crippen LogP contribution in [0, 0.1) is 0 Å². The Bertz CT molecular complexity index is 917. The summed E-state index contributed by atoms with van der Waals surface area (Å²) >= 11 is 1.39. The van der Waals surface area contributed by atoms with E-state index in [9.17, 15) is 9.59 Å². The predicted molar refractivity (Wildman–Crippen MR) is 105 cm³/mol. The van der Waals surface area contributed by atoms with Crippen LogP contribution >= 0.6 is 11.3 Å². The van der Waals surface area contributed by atoms with Crippen LogP contribution in [-0.4, -0.2) is 17.5 Å². The van der Waals surface area contributed by atoms with Crippen molar-refractivity contribution in [2.24, 2.45) is 5.10 Å². The molecule has 0 aliphatic rings. The second-order valence-corrected chi connectivity index (χ2v) is 6.46. The maximum Gasteiger partial charge on any atom is 0.271 e. The predicted octanol–water partition coefficient (Wildman–Crippen LogP) is 4.15. The minimum atomic E-state index is -0.259. The van der Waals surface area contributed by atoms with Crippen molar-refractivity contribution in [3.63, 3.8) is 0 Å². The smallest absolute Gasteiger partial charge is 0.271 e. The van der Waals surface area contributed by atoms with E-state index in [0.717, 1.165) is 5.56 Å². The third-order valence-electron chi connectivity index (χ3n) is 3.67. The molecule has 0 spiro atoms. The second kappa shape index (κ2) is 8.22. The molecule has 5 nitrogen and oxygen atoms in total. The lowest BCUT2D eigenvalue weighted by Gasteiger charge is -2.06. The van der Waals surface area contributed by atoms with Crippen LogP contribution in [0.4, 0.5) is 5.69 Å². The third-order valence-corrected chi connectivity index (χ3v) is 4.54. The Labute approximate surface area is 155 Å². The molecule has 0 atom stereocenters. The number of hydrogen-bond donors (Lipinski definition) is 2. The van der Waals surface area contributed by atoms with Crippen LogP contribution < -0.4 is 10.7 Å². The van der Waals surface area contributed by atoms with Crippen LogP contribution in [0.3, 0.4) is 0 Å². The number of anilines is 1. The van der Waals surface area contributed by atoms with Gasteiger partial charge in [-0.2, -0.15) is 5.10 Å². The van der Waals surface area contributed by atoms with Gasteiger partial charge in [-0.3, -0.25) is 9.59 Å². The van der Waals surface area contributed by atoms with E-state index in [2.05, 4.69) is 15.8 Å². The Balaban J connectivity index is 1.62. The molecule has 130 valence electrons. The molecule has 2 aromatic carbocycles. The SMILES string of the molecule is C/C(=N/NC(=O)c1ccccc1)c1ccc(NC(=O)c2cccs2)cc1. The van der Waals surface area contributed by atoms with Gasteiger partial charge in [-0.15, -0.1) is 11.3 Å². The molecular weight excluding hydrogens is 346 g/mol. The lowest BCUT2D eigenvalue weighted by atomic mass is 10.1. The number of carbonyl (C=O) groups excluding carboxylic acids is 2. The Morgan fingerprint density at radius 3 is 2.23 bits per heavy atom. The number of rotatable bonds is 5. The summed E-state index contributed by atoms with van der Waals surface area (Å²) in [6, 6.07) is 19.8. The molecule has 26 heavy (non-hydrogen) atoms. The number of hydrazone groups is 1. The van der Waals surface area contributed by atoms with Crippen molar-refractivity contribution in [1.29, 1.82) is 0 Å². The van der Waals surface area contributed by atoms with Crippen LogP contribution in [0.15, 0.2) is 77.2 Å². The summed E-state index contributed by atoms with van der Waals surface area (Å²) in [5.41, 5.74) is 5.32. The number of amides is 2. The average Bonchev–Trinajstić information content (AvgIpc) is 3.22. The van der Waals surface area contributed by atoms with Crippen molar-refractivity contribution >= 4 is 34.6 Å². The molecule has 0 radical (unpaired) electrons. The zero-order valence-corrected chi connectivity index (χ0v) is 14.9. The molecule has 0 fully saturated rings. The largest absolute Gasteiger partial charge is 0.321 e. The van der Waals surface area contributed by atoms with E-state index in [1.165, 1.54) is 11.3 Å². The van der Waals surface area contributed by atoms with Gasteiger partial charge in [0.25, 0.3) is 11.8 Å². The number of nitrogens with zero attached hydrogens (tertiary/aromatic N) is 1. The van der Waals surface area contributed by atoms with E-state index < -0.39 is 0 Å². The number of benzene rings is 2. The molecule has 3 aromatic rings. The normalized spacial score (nSPS) is 11.0. The van der Waals surface area contributed by atoms with Crippen molar-refractivity contribution in [1.82, 2.24) is 5.43 Å². The zero-order chi connectivity index (χ0) is 18.4. The van der Waals surface area contributed by atoms with Gasteiger partial charge in [0.2, 0.25) is 0 Å². The van der Waals surface area contributed by atoms with Gasteiger partial charge >= 0.3 is 0 Å². The van der Waals surface area contributed by atoms with Crippen molar-refractivity contribution < 1.29 is 9.59 Å². The van der Waals surface area contributed by atoms with Crippen LogP contribution in [-0.2, 0) is 0 Å². The van der Waals surface area contributed by atoms with Gasteiger partial charge in [0.15, 0.2) is 0 Å². The van der Waals surface area contributed by atoms with Crippen molar-refractivity contribution in [2.45, 2.75) is 6.92 Å². The summed E-state index contributed by atoms with van der Waals surface area (Å²) < 4.78 is 0. The van der Waals surface area contributed by atoms with E-state index in [0.29, 0.717) is 21.8 Å². The van der Waals surface area contributed by atoms with Crippen molar-refractivity contribution in [2.75, 3.05) is 5.32 Å². The van der Waals surface area contributed by atoms with Gasteiger partial charge in [-0.05, 0) is 48.2 Å². The summed E-state index contributed by atoms with van der Waals surface area (Å²) in [7, 11) is 0. The summed E-state index contributed by atoms with van der Waals surface area (Å²) in [6.07, 6.45) is 0. The fourth-order valence-corrected chi connectivity index (χ4v) is 2.87. The first kappa shape index (κ1) is 17.6. The van der Waals surface area contributed by atoms with Crippen LogP contribution in [0.25, 0.3) is 0 Å². The molecule has 1 aromatic heterocycles. The fraction of sp³-hybridized carbons (Fsp3) is 0.0500. The van der Waals surface area contributed by atoms with E-state index in [4.69, 9.17) is 0 Å². The lowest BCUT2D eigenvalue weighted by Crippen LogP contribution is -2.19. The van der Waals surface area contributed by atoms with E-state index in [1.54, 1.807) is 42.5 Å². The Morgan fingerprint density at radius 1 is 0.846 bits per heavy atom. The highest BCUT2D eigenvalue weighted by molar-refractivity contribution is 7.12. The van der Waals surface area contributed by atoms with E-state index >= 15 is 0 Å². The van der Waals surface area contributed by atoms with Crippen LogP contribution in [0.1, 0.15) is 32.5 Å². The van der Waals surface area contributed by atoms with Gasteiger partial charge in [0.1, 0.15) is 0 Å². The van der Waals surface area contributed by atoms with Crippen molar-refractivity contribution in [3.8, 4) is 0 Å². The Kier molecular flexibility index (Phi) is 5.56. The van der Waals surface area contributed by atoms with Crippen LogP contribution in [0.2, 0.25) is 0 Å². The molecule has 0 aliphatic carbocycles. The first-order valence-electron chi connectivity index (χ1n) is 7.98. The van der Waals surface area contributed by atoms with Gasteiger partial charge in [-0.1, -0.05) is 36.4 Å². The molecular formula is C20H17N3O2S.